The summed E-state index contributed by atoms with van der Waals surface area (Å²) in [6.07, 6.45) is 1.76. The molecule has 0 bridgehead atoms. The van der Waals surface area contributed by atoms with Crippen molar-refractivity contribution in [3.05, 3.63) is 42.2 Å². The van der Waals surface area contributed by atoms with Crippen molar-refractivity contribution in [2.75, 3.05) is 7.11 Å². The molecule has 5 nitrogen and oxygen atoms in total. The smallest absolute Gasteiger partial charge is 0.271 e. The number of nitrogens with zero attached hydrogens (tertiary/aromatic N) is 2. The molecular formula is C14H17N3O2. The molecule has 0 saturated heterocycles. The van der Waals surface area contributed by atoms with Gasteiger partial charge in [0, 0.05) is 12.2 Å². The molecule has 0 atom stereocenters. The van der Waals surface area contributed by atoms with Crippen molar-refractivity contribution in [1.82, 2.24) is 15.1 Å². The lowest BCUT2D eigenvalue weighted by Gasteiger charge is -2.06. The molecule has 100 valence electrons. The summed E-state index contributed by atoms with van der Waals surface area (Å²) in [6.45, 7) is 3.83. The number of amides is 1. The van der Waals surface area contributed by atoms with Crippen molar-refractivity contribution < 1.29 is 9.53 Å². The molecule has 1 N–H and O–H groups in total. The summed E-state index contributed by atoms with van der Waals surface area (Å²) in [4.78, 5) is 11.8. The minimum Gasteiger partial charge on any atom is -0.497 e. The van der Waals surface area contributed by atoms with Crippen LogP contribution in [0.1, 0.15) is 24.3 Å². The van der Waals surface area contributed by atoms with Crippen LogP contribution in [0.25, 0.3) is 5.69 Å². The predicted octanol–water partition coefficient (Wildman–Crippen LogP) is 2.02. The van der Waals surface area contributed by atoms with Gasteiger partial charge in [0.15, 0.2) is 5.69 Å². The molecule has 1 aromatic carbocycles. The van der Waals surface area contributed by atoms with E-state index in [0.717, 1.165) is 11.4 Å². The van der Waals surface area contributed by atoms with E-state index in [1.807, 2.05) is 38.1 Å². The summed E-state index contributed by atoms with van der Waals surface area (Å²) in [5, 5.41) is 7.06. The maximum atomic E-state index is 11.8. The quantitative estimate of drug-likeness (QED) is 0.914. The van der Waals surface area contributed by atoms with E-state index in [9.17, 15) is 4.79 Å². The van der Waals surface area contributed by atoms with Gasteiger partial charge in [-0.15, -0.1) is 0 Å². The minimum atomic E-state index is -0.165. The standard InChI is InChI=1S/C14H17N3O2/c1-10(2)15-14(18)13-8-9-17(16-13)11-4-6-12(19-3)7-5-11/h4-10H,1-3H3,(H,15,18). The van der Waals surface area contributed by atoms with E-state index < -0.39 is 0 Å². The number of hydrogen-bond donors (Lipinski definition) is 1. The number of hydrogen-bond acceptors (Lipinski definition) is 3. The molecule has 0 aliphatic heterocycles. The van der Waals surface area contributed by atoms with Crippen LogP contribution < -0.4 is 10.1 Å². The Labute approximate surface area is 112 Å². The van der Waals surface area contributed by atoms with Crippen LogP contribution in [0.3, 0.4) is 0 Å². The summed E-state index contributed by atoms with van der Waals surface area (Å²) < 4.78 is 6.76. The molecule has 0 spiro atoms. The molecule has 0 unspecified atom stereocenters. The first kappa shape index (κ1) is 13.1. The van der Waals surface area contributed by atoms with Crippen LogP contribution >= 0.6 is 0 Å². The Hall–Kier alpha value is -2.30. The highest BCUT2D eigenvalue weighted by atomic mass is 16.5. The molecule has 0 radical (unpaired) electrons. The van der Waals surface area contributed by atoms with Gasteiger partial charge in [-0.25, -0.2) is 4.68 Å². The Morgan fingerprint density at radius 2 is 1.95 bits per heavy atom. The average Bonchev–Trinajstić information content (AvgIpc) is 2.88. The topological polar surface area (TPSA) is 56.1 Å². The second kappa shape index (κ2) is 5.56. The van der Waals surface area contributed by atoms with Gasteiger partial charge in [0.1, 0.15) is 5.75 Å². The van der Waals surface area contributed by atoms with Crippen LogP contribution in [-0.2, 0) is 0 Å². The van der Waals surface area contributed by atoms with E-state index >= 15 is 0 Å². The van der Waals surface area contributed by atoms with E-state index in [0.29, 0.717) is 5.69 Å². The van der Waals surface area contributed by atoms with Crippen molar-refractivity contribution in [3.8, 4) is 11.4 Å². The lowest BCUT2D eigenvalue weighted by Crippen LogP contribution is -2.30. The Bertz CT molecular complexity index is 558. The molecule has 0 aliphatic rings. The van der Waals surface area contributed by atoms with Gasteiger partial charge in [0.25, 0.3) is 5.91 Å². The van der Waals surface area contributed by atoms with E-state index in [1.165, 1.54) is 0 Å². The van der Waals surface area contributed by atoms with Crippen molar-refractivity contribution in [2.45, 2.75) is 19.9 Å². The van der Waals surface area contributed by atoms with Gasteiger partial charge in [-0.1, -0.05) is 0 Å². The molecule has 0 aliphatic carbocycles. The summed E-state index contributed by atoms with van der Waals surface area (Å²) in [7, 11) is 1.62. The van der Waals surface area contributed by atoms with Crippen LogP contribution in [0.2, 0.25) is 0 Å². The molecule has 0 saturated carbocycles. The lowest BCUT2D eigenvalue weighted by molar-refractivity contribution is 0.0937. The number of carbonyl (C=O) groups is 1. The molecule has 1 amide bonds. The highest BCUT2D eigenvalue weighted by Crippen LogP contribution is 2.14. The molecule has 2 aromatic rings. The van der Waals surface area contributed by atoms with Crippen LogP contribution in [0.5, 0.6) is 5.75 Å². The van der Waals surface area contributed by atoms with Gasteiger partial charge >= 0.3 is 0 Å². The van der Waals surface area contributed by atoms with Gasteiger partial charge < -0.3 is 10.1 Å². The number of nitrogens with one attached hydrogen (secondary N) is 1. The fourth-order valence-electron chi connectivity index (χ4n) is 1.66. The third-order valence-corrected chi connectivity index (χ3v) is 2.58. The molecule has 1 heterocycles. The van der Waals surface area contributed by atoms with Gasteiger partial charge in [0.2, 0.25) is 0 Å². The van der Waals surface area contributed by atoms with Gasteiger partial charge in [0.05, 0.1) is 12.8 Å². The Morgan fingerprint density at radius 1 is 1.26 bits per heavy atom. The highest BCUT2D eigenvalue weighted by Gasteiger charge is 2.10. The molecule has 19 heavy (non-hydrogen) atoms. The van der Waals surface area contributed by atoms with E-state index in [1.54, 1.807) is 24.1 Å². The van der Waals surface area contributed by atoms with Crippen molar-refractivity contribution in [2.24, 2.45) is 0 Å². The van der Waals surface area contributed by atoms with E-state index in [2.05, 4.69) is 10.4 Å². The molecule has 2 rings (SSSR count). The van der Waals surface area contributed by atoms with Gasteiger partial charge in [-0.3, -0.25) is 4.79 Å². The SMILES string of the molecule is COc1ccc(-n2ccc(C(=O)NC(C)C)n2)cc1. The second-order valence-corrected chi connectivity index (χ2v) is 4.47. The first-order valence-corrected chi connectivity index (χ1v) is 6.11. The van der Waals surface area contributed by atoms with Crippen LogP contribution in [-0.4, -0.2) is 28.8 Å². The summed E-state index contributed by atoms with van der Waals surface area (Å²) in [5.74, 6) is 0.621. The van der Waals surface area contributed by atoms with E-state index in [-0.39, 0.29) is 11.9 Å². The predicted molar refractivity (Wildman–Crippen MR) is 72.7 cm³/mol. The number of aromatic nitrogens is 2. The van der Waals surface area contributed by atoms with Crippen LogP contribution in [0, 0.1) is 0 Å². The second-order valence-electron chi connectivity index (χ2n) is 4.47. The van der Waals surface area contributed by atoms with Crippen molar-refractivity contribution in [3.63, 3.8) is 0 Å². The molecule has 0 fully saturated rings. The van der Waals surface area contributed by atoms with Crippen LogP contribution in [0.4, 0.5) is 0 Å². The normalized spacial score (nSPS) is 10.5. The maximum absolute atomic E-state index is 11.8. The largest absolute Gasteiger partial charge is 0.497 e. The molecule has 1 aromatic heterocycles. The van der Waals surface area contributed by atoms with Crippen LogP contribution in [0.15, 0.2) is 36.5 Å². The lowest BCUT2D eigenvalue weighted by atomic mass is 10.3. The average molecular weight is 259 g/mol. The zero-order chi connectivity index (χ0) is 13.8. The third-order valence-electron chi connectivity index (χ3n) is 2.58. The fourth-order valence-corrected chi connectivity index (χ4v) is 1.66. The van der Waals surface area contributed by atoms with Crippen molar-refractivity contribution >= 4 is 5.91 Å². The third kappa shape index (κ3) is 3.13. The maximum Gasteiger partial charge on any atom is 0.271 e. The Morgan fingerprint density at radius 3 is 2.53 bits per heavy atom. The van der Waals surface area contributed by atoms with Gasteiger partial charge in [-0.2, -0.15) is 5.10 Å². The Kier molecular flexibility index (Phi) is 3.85. The summed E-state index contributed by atoms with van der Waals surface area (Å²) in [6, 6.07) is 9.27. The van der Waals surface area contributed by atoms with Crippen molar-refractivity contribution in [1.29, 1.82) is 0 Å². The summed E-state index contributed by atoms with van der Waals surface area (Å²) in [5.41, 5.74) is 1.29. The van der Waals surface area contributed by atoms with Gasteiger partial charge in [-0.05, 0) is 44.2 Å². The number of benzene rings is 1. The fraction of sp³-hybridized carbons (Fsp3) is 0.286. The number of carbonyl (C=O) groups excluding carboxylic acids is 1. The monoisotopic (exact) mass is 259 g/mol. The molecule has 5 heteroatoms. The highest BCUT2D eigenvalue weighted by molar-refractivity contribution is 5.92. The number of ether oxygens (including phenoxy) is 1. The zero-order valence-corrected chi connectivity index (χ0v) is 11.3. The Balaban J connectivity index is 2.18. The zero-order valence-electron chi connectivity index (χ0n) is 11.3. The first-order chi connectivity index (χ1) is 9.10. The first-order valence-electron chi connectivity index (χ1n) is 6.11. The number of rotatable bonds is 4. The summed E-state index contributed by atoms with van der Waals surface area (Å²) >= 11 is 0. The molecular weight excluding hydrogens is 242 g/mol. The minimum absolute atomic E-state index is 0.0960. The van der Waals surface area contributed by atoms with E-state index in [4.69, 9.17) is 4.74 Å². The number of methoxy groups -OCH3 is 1.